The molecule has 1 aromatic carbocycles. The maximum atomic E-state index is 15.1. The topological polar surface area (TPSA) is 69.8 Å². The lowest BCUT2D eigenvalue weighted by Gasteiger charge is -2.32. The fourth-order valence-corrected chi connectivity index (χ4v) is 4.64. The molecule has 1 unspecified atom stereocenters. The summed E-state index contributed by atoms with van der Waals surface area (Å²) in [7, 11) is 0. The highest BCUT2D eigenvalue weighted by molar-refractivity contribution is 5.88. The van der Waals surface area contributed by atoms with E-state index in [2.05, 4.69) is 34.4 Å². The van der Waals surface area contributed by atoms with Crippen LogP contribution in [0.15, 0.2) is 36.5 Å². The Balaban J connectivity index is 1.59. The molecule has 0 radical (unpaired) electrons. The summed E-state index contributed by atoms with van der Waals surface area (Å²) in [6.07, 6.45) is 4.53. The second kappa shape index (κ2) is 7.93. The van der Waals surface area contributed by atoms with Crippen LogP contribution in [0.1, 0.15) is 31.7 Å². The Hall–Kier alpha value is -2.98. The molecule has 1 N–H and O–H groups in total. The molecule has 7 heteroatoms. The van der Waals surface area contributed by atoms with Gasteiger partial charge in [0.25, 0.3) is 0 Å². The van der Waals surface area contributed by atoms with Crippen molar-refractivity contribution in [3.05, 3.63) is 42.1 Å². The number of rotatable bonds is 4. The Labute approximate surface area is 181 Å². The summed E-state index contributed by atoms with van der Waals surface area (Å²) in [6, 6.07) is 11.9. The molecular weight excluding hydrogens is 391 g/mol. The lowest BCUT2D eigenvalue weighted by atomic mass is 9.97. The Kier molecular flexibility index (Phi) is 5.11. The lowest BCUT2D eigenvalue weighted by molar-refractivity contribution is 0.158. The minimum absolute atomic E-state index is 0.221. The molecular formula is C24H27FN6. The number of alkyl halides is 1. The summed E-state index contributed by atoms with van der Waals surface area (Å²) < 4.78 is 16.9. The smallest absolute Gasteiger partial charge is 0.144 e. The van der Waals surface area contributed by atoms with Crippen molar-refractivity contribution in [3.8, 4) is 17.2 Å². The summed E-state index contributed by atoms with van der Waals surface area (Å²) in [5.74, 6) is 1.67. The predicted octanol–water partition coefficient (Wildman–Crippen LogP) is 3.91. The third-order valence-electron chi connectivity index (χ3n) is 6.64. The summed E-state index contributed by atoms with van der Waals surface area (Å²) >= 11 is 0. The van der Waals surface area contributed by atoms with E-state index in [4.69, 9.17) is 10.2 Å². The summed E-state index contributed by atoms with van der Waals surface area (Å²) in [5, 5.41) is 16.8. The van der Waals surface area contributed by atoms with Crippen molar-refractivity contribution in [2.24, 2.45) is 5.92 Å². The van der Waals surface area contributed by atoms with Crippen molar-refractivity contribution in [2.75, 3.05) is 31.1 Å². The number of halogens is 1. The number of nitriles is 1. The third kappa shape index (κ3) is 3.88. The van der Waals surface area contributed by atoms with Gasteiger partial charge in [0.1, 0.15) is 17.0 Å². The first-order valence-corrected chi connectivity index (χ1v) is 11.1. The van der Waals surface area contributed by atoms with Crippen molar-refractivity contribution in [2.45, 2.75) is 38.4 Å². The molecule has 1 atom stereocenters. The molecule has 2 aliphatic heterocycles. The van der Waals surface area contributed by atoms with Gasteiger partial charge in [-0.05, 0) is 55.5 Å². The zero-order valence-electron chi connectivity index (χ0n) is 17.8. The number of nitrogens with one attached hydrogen (secondary N) is 1. The molecule has 0 aliphatic carbocycles. The number of nitrogens with zero attached hydrogens (tertiary/aromatic N) is 5. The third-order valence-corrected chi connectivity index (χ3v) is 6.64. The molecule has 0 bridgehead atoms. The molecule has 2 aliphatic rings. The molecule has 160 valence electrons. The molecule has 2 saturated heterocycles. The minimum atomic E-state index is -1.28. The van der Waals surface area contributed by atoms with E-state index in [-0.39, 0.29) is 6.54 Å². The second-order valence-corrected chi connectivity index (χ2v) is 9.00. The van der Waals surface area contributed by atoms with Crippen LogP contribution >= 0.6 is 0 Å². The molecule has 31 heavy (non-hydrogen) atoms. The van der Waals surface area contributed by atoms with Gasteiger partial charge in [0.2, 0.25) is 0 Å². The Morgan fingerprint density at radius 3 is 2.71 bits per heavy atom. The number of benzene rings is 1. The molecule has 5 rings (SSSR count). The van der Waals surface area contributed by atoms with Crippen molar-refractivity contribution < 1.29 is 4.39 Å². The van der Waals surface area contributed by atoms with E-state index in [9.17, 15) is 0 Å². The first kappa shape index (κ1) is 20.0. The van der Waals surface area contributed by atoms with Crippen LogP contribution in [0.3, 0.4) is 0 Å². The Bertz CT molecular complexity index is 1120. The van der Waals surface area contributed by atoms with E-state index in [1.165, 1.54) is 0 Å². The highest BCUT2D eigenvalue weighted by Gasteiger charge is 2.35. The molecule has 2 fully saturated rings. The van der Waals surface area contributed by atoms with Gasteiger partial charge >= 0.3 is 0 Å². The second-order valence-electron chi connectivity index (χ2n) is 9.00. The van der Waals surface area contributed by atoms with Gasteiger partial charge in [-0.3, -0.25) is 4.68 Å². The fourth-order valence-electron chi connectivity index (χ4n) is 4.64. The van der Waals surface area contributed by atoms with Gasteiger partial charge in [0.05, 0.1) is 29.9 Å². The summed E-state index contributed by atoms with van der Waals surface area (Å²) in [6.45, 7) is 5.51. The zero-order chi connectivity index (χ0) is 21.4. The first-order valence-electron chi connectivity index (χ1n) is 11.1. The summed E-state index contributed by atoms with van der Waals surface area (Å²) in [4.78, 5) is 7.35. The van der Waals surface area contributed by atoms with Crippen LogP contribution in [-0.4, -0.2) is 46.6 Å². The maximum absolute atomic E-state index is 15.1. The highest BCUT2D eigenvalue weighted by Crippen LogP contribution is 2.35. The van der Waals surface area contributed by atoms with Crippen LogP contribution < -0.4 is 10.2 Å². The van der Waals surface area contributed by atoms with E-state index < -0.39 is 5.67 Å². The molecule has 4 heterocycles. The quantitative estimate of drug-likeness (QED) is 0.696. The number of fused-ring (bicyclic) bond motifs is 1. The van der Waals surface area contributed by atoms with Crippen LogP contribution in [0.2, 0.25) is 0 Å². The van der Waals surface area contributed by atoms with E-state index >= 15 is 4.39 Å². The Morgan fingerprint density at radius 1 is 1.26 bits per heavy atom. The summed E-state index contributed by atoms with van der Waals surface area (Å²) in [5.41, 5.74) is 3.00. The van der Waals surface area contributed by atoms with Crippen LogP contribution in [0.25, 0.3) is 22.2 Å². The number of pyridine rings is 1. The first-order chi connectivity index (χ1) is 15.0. The van der Waals surface area contributed by atoms with Gasteiger partial charge in [-0.25, -0.2) is 9.37 Å². The normalized spacial score (nSPS) is 22.2. The van der Waals surface area contributed by atoms with Crippen molar-refractivity contribution in [3.63, 3.8) is 0 Å². The van der Waals surface area contributed by atoms with Crippen molar-refractivity contribution in [1.82, 2.24) is 20.1 Å². The SMILES string of the molecule is CC1CCN(c2nc3cnn(CC4(F)CCNC4)c3cc2-c2ccc(C#N)cc2)CC1. The van der Waals surface area contributed by atoms with Gasteiger partial charge in [-0.15, -0.1) is 0 Å². The number of anilines is 1. The van der Waals surface area contributed by atoms with Crippen LogP contribution in [-0.2, 0) is 6.54 Å². The van der Waals surface area contributed by atoms with Crippen LogP contribution in [0, 0.1) is 17.2 Å². The van der Waals surface area contributed by atoms with Crippen LogP contribution in [0.4, 0.5) is 10.2 Å². The average molecular weight is 419 g/mol. The highest BCUT2D eigenvalue weighted by atomic mass is 19.1. The van der Waals surface area contributed by atoms with Gasteiger partial charge in [-0.1, -0.05) is 19.1 Å². The van der Waals surface area contributed by atoms with Gasteiger partial charge in [0, 0.05) is 25.2 Å². The van der Waals surface area contributed by atoms with Crippen molar-refractivity contribution in [1.29, 1.82) is 5.26 Å². The molecule has 0 saturated carbocycles. The molecule has 6 nitrogen and oxygen atoms in total. The van der Waals surface area contributed by atoms with E-state index in [1.807, 2.05) is 24.3 Å². The largest absolute Gasteiger partial charge is 0.356 e. The zero-order valence-corrected chi connectivity index (χ0v) is 17.8. The Morgan fingerprint density at radius 2 is 2.03 bits per heavy atom. The number of hydrogen-bond donors (Lipinski definition) is 1. The van der Waals surface area contributed by atoms with E-state index in [1.54, 1.807) is 10.9 Å². The molecule has 2 aromatic heterocycles. The maximum Gasteiger partial charge on any atom is 0.144 e. The van der Waals surface area contributed by atoms with E-state index in [0.717, 1.165) is 59.8 Å². The van der Waals surface area contributed by atoms with Gasteiger partial charge in [-0.2, -0.15) is 10.4 Å². The van der Waals surface area contributed by atoms with Crippen molar-refractivity contribution >= 4 is 16.9 Å². The standard InChI is InChI=1S/C24H27FN6/c1-17-6-10-30(11-7-17)23-20(19-4-2-18(13-26)3-5-19)12-22-21(29-23)14-28-31(22)16-24(25)8-9-27-15-24/h2-5,12,14,17,27H,6-11,15-16H2,1H3. The average Bonchev–Trinajstić information content (AvgIpc) is 3.39. The number of hydrogen-bond acceptors (Lipinski definition) is 5. The monoisotopic (exact) mass is 418 g/mol. The number of aromatic nitrogens is 3. The molecule has 0 spiro atoms. The number of piperidine rings is 1. The predicted molar refractivity (Wildman–Crippen MR) is 120 cm³/mol. The molecule has 0 amide bonds. The fraction of sp³-hybridized carbons (Fsp3) is 0.458. The lowest BCUT2D eigenvalue weighted by Crippen LogP contribution is -2.34. The molecule has 3 aromatic rings. The van der Waals surface area contributed by atoms with E-state index in [0.29, 0.717) is 25.1 Å². The van der Waals surface area contributed by atoms with Crippen LogP contribution in [0.5, 0.6) is 0 Å². The van der Waals surface area contributed by atoms with Gasteiger partial charge in [0.15, 0.2) is 0 Å². The minimum Gasteiger partial charge on any atom is -0.356 e. The van der Waals surface area contributed by atoms with Gasteiger partial charge < -0.3 is 10.2 Å².